The summed E-state index contributed by atoms with van der Waals surface area (Å²) < 4.78 is 16.3. The predicted molar refractivity (Wildman–Crippen MR) is 53.7 cm³/mol. The third-order valence-corrected chi connectivity index (χ3v) is 3.10. The summed E-state index contributed by atoms with van der Waals surface area (Å²) in [6.07, 6.45) is 5.84. The molecule has 1 heterocycles. The van der Waals surface area contributed by atoms with Gasteiger partial charge in [-0.2, -0.15) is 0 Å². The number of hydrogen-bond acceptors (Lipinski definition) is 3. The first-order valence-electron chi connectivity index (χ1n) is 4.86. The van der Waals surface area contributed by atoms with Crippen molar-refractivity contribution in [1.82, 2.24) is 0 Å². The number of methoxy groups -OCH3 is 2. The smallest absolute Gasteiger partial charge is 0.185 e. The van der Waals surface area contributed by atoms with Crippen LogP contribution in [0.3, 0.4) is 0 Å². The highest BCUT2D eigenvalue weighted by Crippen LogP contribution is 2.39. The van der Waals surface area contributed by atoms with Gasteiger partial charge in [0.1, 0.15) is 11.7 Å². The van der Waals surface area contributed by atoms with Gasteiger partial charge in [-0.25, -0.2) is 0 Å². The summed E-state index contributed by atoms with van der Waals surface area (Å²) in [4.78, 5) is 0. The molecular formula is C11H18O3. The molecule has 0 saturated carbocycles. The van der Waals surface area contributed by atoms with E-state index in [-0.39, 0.29) is 18.3 Å². The average molecular weight is 198 g/mol. The number of terminal acetylenes is 1. The van der Waals surface area contributed by atoms with E-state index in [0.717, 1.165) is 6.42 Å². The van der Waals surface area contributed by atoms with Gasteiger partial charge in [-0.3, -0.25) is 0 Å². The van der Waals surface area contributed by atoms with Crippen molar-refractivity contribution in [2.75, 3.05) is 14.2 Å². The molecule has 3 nitrogen and oxygen atoms in total. The lowest BCUT2D eigenvalue weighted by molar-refractivity contribution is -0.168. The summed E-state index contributed by atoms with van der Waals surface area (Å²) in [6.45, 7) is 4.05. The van der Waals surface area contributed by atoms with Crippen LogP contribution in [0.15, 0.2) is 0 Å². The lowest BCUT2D eigenvalue weighted by Gasteiger charge is -2.25. The van der Waals surface area contributed by atoms with Crippen LogP contribution in [0.2, 0.25) is 0 Å². The van der Waals surface area contributed by atoms with Crippen LogP contribution in [0.4, 0.5) is 0 Å². The van der Waals surface area contributed by atoms with E-state index in [1.165, 1.54) is 0 Å². The molecule has 4 atom stereocenters. The van der Waals surface area contributed by atoms with E-state index in [4.69, 9.17) is 20.6 Å². The monoisotopic (exact) mass is 198 g/mol. The number of hydrogen-bond donors (Lipinski definition) is 0. The van der Waals surface area contributed by atoms with Crippen LogP contribution >= 0.6 is 0 Å². The first-order chi connectivity index (χ1) is 6.65. The molecule has 0 aromatic heterocycles. The minimum atomic E-state index is -0.540. The fourth-order valence-electron chi connectivity index (χ4n) is 2.05. The van der Waals surface area contributed by atoms with Crippen molar-refractivity contribution in [1.29, 1.82) is 0 Å². The molecule has 1 fully saturated rings. The van der Waals surface area contributed by atoms with E-state index in [2.05, 4.69) is 5.92 Å². The van der Waals surface area contributed by atoms with Crippen molar-refractivity contribution in [3.63, 3.8) is 0 Å². The Hall–Kier alpha value is -0.560. The Bertz CT molecular complexity index is 233. The SMILES string of the molecule is C#C[C@]1(CC)OC(OC)C(OC)C1C. The van der Waals surface area contributed by atoms with Gasteiger partial charge in [-0.15, -0.1) is 6.42 Å². The quantitative estimate of drug-likeness (QED) is 0.642. The standard InChI is InChI=1S/C11H18O3/c1-6-11(7-2)8(3)9(12-4)10(13-5)14-11/h1,8-10H,7H2,2-5H3/t8?,9?,10?,11-/m1/s1. The van der Waals surface area contributed by atoms with Gasteiger partial charge < -0.3 is 14.2 Å². The minimum Gasteiger partial charge on any atom is -0.376 e. The third kappa shape index (κ3) is 1.54. The molecule has 1 rings (SSSR count). The first-order valence-corrected chi connectivity index (χ1v) is 4.86. The van der Waals surface area contributed by atoms with Crippen LogP contribution < -0.4 is 0 Å². The van der Waals surface area contributed by atoms with Crippen molar-refractivity contribution in [2.24, 2.45) is 5.92 Å². The highest BCUT2D eigenvalue weighted by Gasteiger charge is 2.51. The van der Waals surface area contributed by atoms with Gasteiger partial charge in [0.05, 0.1) is 0 Å². The Morgan fingerprint density at radius 2 is 2.07 bits per heavy atom. The molecule has 0 N–H and O–H groups in total. The second-order valence-electron chi connectivity index (χ2n) is 3.60. The molecule has 0 aromatic carbocycles. The molecule has 0 amide bonds. The third-order valence-electron chi connectivity index (χ3n) is 3.10. The largest absolute Gasteiger partial charge is 0.376 e. The fourth-order valence-corrected chi connectivity index (χ4v) is 2.05. The van der Waals surface area contributed by atoms with Crippen LogP contribution in [-0.2, 0) is 14.2 Å². The van der Waals surface area contributed by atoms with Crippen molar-refractivity contribution in [3.05, 3.63) is 0 Å². The second kappa shape index (κ2) is 4.31. The molecule has 0 spiro atoms. The Kier molecular flexibility index (Phi) is 3.54. The lowest BCUT2D eigenvalue weighted by Crippen LogP contribution is -2.34. The molecule has 14 heavy (non-hydrogen) atoms. The lowest BCUT2D eigenvalue weighted by atomic mass is 9.86. The molecule has 0 aliphatic carbocycles. The topological polar surface area (TPSA) is 27.7 Å². The molecule has 0 bridgehead atoms. The van der Waals surface area contributed by atoms with E-state index in [1.54, 1.807) is 14.2 Å². The van der Waals surface area contributed by atoms with Gasteiger partial charge in [0.15, 0.2) is 6.29 Å². The highest BCUT2D eigenvalue weighted by atomic mass is 16.7. The molecule has 1 aliphatic heterocycles. The van der Waals surface area contributed by atoms with Crippen LogP contribution in [-0.4, -0.2) is 32.2 Å². The van der Waals surface area contributed by atoms with Crippen molar-refractivity contribution in [3.8, 4) is 12.3 Å². The van der Waals surface area contributed by atoms with Crippen LogP contribution in [0.5, 0.6) is 0 Å². The normalized spacial score (nSPS) is 42.4. The maximum atomic E-state index is 5.73. The molecule has 80 valence electrons. The zero-order valence-corrected chi connectivity index (χ0v) is 9.24. The summed E-state index contributed by atoms with van der Waals surface area (Å²) in [6, 6.07) is 0. The Labute approximate surface area is 85.7 Å². The van der Waals surface area contributed by atoms with Crippen LogP contribution in [0.1, 0.15) is 20.3 Å². The maximum Gasteiger partial charge on any atom is 0.185 e. The van der Waals surface area contributed by atoms with E-state index in [1.807, 2.05) is 13.8 Å². The highest BCUT2D eigenvalue weighted by molar-refractivity contribution is 5.15. The predicted octanol–water partition coefficient (Wildman–Crippen LogP) is 1.42. The molecule has 0 aromatic rings. The Morgan fingerprint density at radius 1 is 1.43 bits per heavy atom. The van der Waals surface area contributed by atoms with Gasteiger partial charge in [0.25, 0.3) is 0 Å². The van der Waals surface area contributed by atoms with E-state index >= 15 is 0 Å². The molecule has 3 unspecified atom stereocenters. The molecular weight excluding hydrogens is 180 g/mol. The second-order valence-corrected chi connectivity index (χ2v) is 3.60. The summed E-state index contributed by atoms with van der Waals surface area (Å²) >= 11 is 0. The summed E-state index contributed by atoms with van der Waals surface area (Å²) in [5, 5.41) is 0. The summed E-state index contributed by atoms with van der Waals surface area (Å²) in [5.41, 5.74) is -0.540. The van der Waals surface area contributed by atoms with E-state index < -0.39 is 5.60 Å². The van der Waals surface area contributed by atoms with Crippen molar-refractivity contribution in [2.45, 2.75) is 38.3 Å². The van der Waals surface area contributed by atoms with Gasteiger partial charge in [-0.1, -0.05) is 19.8 Å². The van der Waals surface area contributed by atoms with Gasteiger partial charge in [0, 0.05) is 20.1 Å². The minimum absolute atomic E-state index is 0.0870. The van der Waals surface area contributed by atoms with Crippen LogP contribution in [0, 0.1) is 18.3 Å². The maximum absolute atomic E-state index is 5.73. The van der Waals surface area contributed by atoms with Crippen molar-refractivity contribution >= 4 is 0 Å². The average Bonchev–Trinajstić information content (AvgIpc) is 2.51. The zero-order chi connectivity index (χ0) is 10.8. The summed E-state index contributed by atoms with van der Waals surface area (Å²) in [7, 11) is 3.25. The van der Waals surface area contributed by atoms with E-state index in [0.29, 0.717) is 0 Å². The van der Waals surface area contributed by atoms with Gasteiger partial charge in [-0.05, 0) is 6.42 Å². The Balaban J connectivity index is 2.90. The van der Waals surface area contributed by atoms with Crippen LogP contribution in [0.25, 0.3) is 0 Å². The zero-order valence-electron chi connectivity index (χ0n) is 9.24. The number of rotatable bonds is 3. The summed E-state index contributed by atoms with van der Waals surface area (Å²) in [5.74, 6) is 2.87. The molecule has 1 saturated heterocycles. The first kappa shape index (κ1) is 11.5. The number of ether oxygens (including phenoxy) is 3. The van der Waals surface area contributed by atoms with Crippen molar-refractivity contribution < 1.29 is 14.2 Å². The molecule has 0 radical (unpaired) electrons. The molecule has 1 aliphatic rings. The van der Waals surface area contributed by atoms with Gasteiger partial charge in [0.2, 0.25) is 0 Å². The van der Waals surface area contributed by atoms with E-state index in [9.17, 15) is 0 Å². The fraction of sp³-hybridized carbons (Fsp3) is 0.818. The van der Waals surface area contributed by atoms with Gasteiger partial charge >= 0.3 is 0 Å². The Morgan fingerprint density at radius 3 is 2.36 bits per heavy atom. The molecule has 3 heteroatoms.